The Kier molecular flexibility index (Phi) is 8.41. The molecule has 1 aliphatic heterocycles. The molecular formula is C24H30N4O5S. The molecular weight excluding hydrogens is 456 g/mol. The average molecular weight is 487 g/mol. The van der Waals surface area contributed by atoms with Crippen LogP contribution in [-0.4, -0.2) is 56.6 Å². The molecule has 0 atom stereocenters. The van der Waals surface area contributed by atoms with Crippen molar-refractivity contribution in [3.8, 4) is 0 Å². The van der Waals surface area contributed by atoms with E-state index in [4.69, 9.17) is 0 Å². The minimum atomic E-state index is -3.52. The SMILES string of the molecule is CCN(CC)S(=O)(=O)c1ccc(CNC(=O)CNC(=O)c2ccc(N3CCCC3=O)cc2)cc1. The first-order chi connectivity index (χ1) is 16.3. The molecule has 34 heavy (non-hydrogen) atoms. The van der Waals surface area contributed by atoms with E-state index in [0.717, 1.165) is 17.7 Å². The van der Waals surface area contributed by atoms with Crippen LogP contribution < -0.4 is 15.5 Å². The fourth-order valence-corrected chi connectivity index (χ4v) is 5.19. The lowest BCUT2D eigenvalue weighted by atomic mass is 10.2. The molecule has 0 bridgehead atoms. The van der Waals surface area contributed by atoms with Crippen LogP contribution in [0.4, 0.5) is 5.69 Å². The molecule has 0 unspecified atom stereocenters. The van der Waals surface area contributed by atoms with Crippen molar-refractivity contribution in [2.45, 2.75) is 38.1 Å². The van der Waals surface area contributed by atoms with Crippen LogP contribution in [0.15, 0.2) is 53.4 Å². The Morgan fingerprint density at radius 2 is 1.62 bits per heavy atom. The Morgan fingerprint density at radius 3 is 2.18 bits per heavy atom. The van der Waals surface area contributed by atoms with Gasteiger partial charge in [0.05, 0.1) is 11.4 Å². The van der Waals surface area contributed by atoms with E-state index < -0.39 is 10.0 Å². The number of amides is 3. The maximum absolute atomic E-state index is 12.5. The first-order valence-corrected chi connectivity index (χ1v) is 12.7. The molecule has 3 rings (SSSR count). The quantitative estimate of drug-likeness (QED) is 0.532. The number of hydrogen-bond acceptors (Lipinski definition) is 5. The molecule has 1 saturated heterocycles. The smallest absolute Gasteiger partial charge is 0.251 e. The van der Waals surface area contributed by atoms with Gasteiger partial charge >= 0.3 is 0 Å². The topological polar surface area (TPSA) is 116 Å². The van der Waals surface area contributed by atoms with Gasteiger partial charge in [0, 0.05) is 43.9 Å². The maximum atomic E-state index is 12.5. The van der Waals surface area contributed by atoms with Crippen LogP contribution in [0.1, 0.15) is 42.6 Å². The van der Waals surface area contributed by atoms with E-state index in [1.165, 1.54) is 16.4 Å². The highest BCUT2D eigenvalue weighted by molar-refractivity contribution is 7.89. The number of rotatable bonds is 10. The van der Waals surface area contributed by atoms with E-state index in [2.05, 4.69) is 10.6 Å². The number of anilines is 1. The van der Waals surface area contributed by atoms with E-state index in [-0.39, 0.29) is 35.7 Å². The summed E-state index contributed by atoms with van der Waals surface area (Å²) < 4.78 is 26.5. The third kappa shape index (κ3) is 6.00. The summed E-state index contributed by atoms with van der Waals surface area (Å²) in [5.41, 5.74) is 1.89. The summed E-state index contributed by atoms with van der Waals surface area (Å²) >= 11 is 0. The molecule has 2 N–H and O–H groups in total. The van der Waals surface area contributed by atoms with Crippen LogP contribution in [0.3, 0.4) is 0 Å². The van der Waals surface area contributed by atoms with Gasteiger partial charge in [-0.1, -0.05) is 26.0 Å². The first kappa shape index (κ1) is 25.4. The second-order valence-corrected chi connectivity index (χ2v) is 9.83. The number of nitrogens with one attached hydrogen (secondary N) is 2. The van der Waals surface area contributed by atoms with Gasteiger partial charge in [0.2, 0.25) is 21.8 Å². The van der Waals surface area contributed by atoms with Crippen LogP contribution in [0.5, 0.6) is 0 Å². The van der Waals surface area contributed by atoms with Gasteiger partial charge in [0.15, 0.2) is 0 Å². The van der Waals surface area contributed by atoms with Crippen molar-refractivity contribution >= 4 is 33.4 Å². The standard InChI is InChI=1S/C24H30N4O5S/c1-3-27(4-2)34(32,33)21-13-7-18(8-14-21)16-25-22(29)17-26-24(31)19-9-11-20(12-10-19)28-15-5-6-23(28)30/h7-14H,3-6,15-17H2,1-2H3,(H,25,29)(H,26,31). The van der Waals surface area contributed by atoms with Crippen LogP contribution in [0.2, 0.25) is 0 Å². The second-order valence-electron chi connectivity index (χ2n) is 7.89. The fraction of sp³-hybridized carbons (Fsp3) is 0.375. The van der Waals surface area contributed by atoms with Gasteiger partial charge in [-0.3, -0.25) is 14.4 Å². The van der Waals surface area contributed by atoms with E-state index in [0.29, 0.717) is 31.6 Å². The molecule has 182 valence electrons. The van der Waals surface area contributed by atoms with Crippen molar-refractivity contribution < 1.29 is 22.8 Å². The highest BCUT2D eigenvalue weighted by Gasteiger charge is 2.22. The molecule has 1 heterocycles. The van der Waals surface area contributed by atoms with Gasteiger partial charge in [-0.25, -0.2) is 8.42 Å². The van der Waals surface area contributed by atoms with Gasteiger partial charge in [0.1, 0.15) is 0 Å². The molecule has 0 saturated carbocycles. The molecule has 0 spiro atoms. The number of nitrogens with zero attached hydrogens (tertiary/aromatic N) is 2. The lowest BCUT2D eigenvalue weighted by Gasteiger charge is -2.18. The zero-order valence-corrected chi connectivity index (χ0v) is 20.2. The predicted octanol–water partition coefficient (Wildman–Crippen LogP) is 1.89. The van der Waals surface area contributed by atoms with Crippen LogP contribution in [0, 0.1) is 0 Å². The molecule has 0 radical (unpaired) electrons. The molecule has 2 aromatic rings. The number of benzene rings is 2. The number of carbonyl (C=O) groups is 3. The molecule has 1 fully saturated rings. The third-order valence-corrected chi connectivity index (χ3v) is 7.74. The highest BCUT2D eigenvalue weighted by atomic mass is 32.2. The fourth-order valence-electron chi connectivity index (χ4n) is 3.73. The molecule has 9 nitrogen and oxygen atoms in total. The Bertz CT molecular complexity index is 1130. The van der Waals surface area contributed by atoms with Crippen molar-refractivity contribution in [2.75, 3.05) is 31.1 Å². The molecule has 3 amide bonds. The summed E-state index contributed by atoms with van der Waals surface area (Å²) in [6, 6.07) is 13.1. The van der Waals surface area contributed by atoms with E-state index in [1.807, 2.05) is 0 Å². The lowest BCUT2D eigenvalue weighted by Crippen LogP contribution is -2.36. The Balaban J connectivity index is 1.47. The minimum absolute atomic E-state index is 0.0778. The van der Waals surface area contributed by atoms with Crippen molar-refractivity contribution in [3.05, 3.63) is 59.7 Å². The monoisotopic (exact) mass is 486 g/mol. The Labute approximate surface area is 200 Å². The van der Waals surface area contributed by atoms with Gasteiger partial charge in [0.25, 0.3) is 5.91 Å². The van der Waals surface area contributed by atoms with Crippen LogP contribution in [-0.2, 0) is 26.2 Å². The van der Waals surface area contributed by atoms with Gasteiger partial charge in [-0.15, -0.1) is 0 Å². The van der Waals surface area contributed by atoms with Crippen molar-refractivity contribution in [1.29, 1.82) is 0 Å². The third-order valence-electron chi connectivity index (χ3n) is 5.68. The summed E-state index contributed by atoms with van der Waals surface area (Å²) in [5, 5.41) is 5.27. The van der Waals surface area contributed by atoms with Crippen LogP contribution in [0.25, 0.3) is 0 Å². The van der Waals surface area contributed by atoms with Gasteiger partial charge < -0.3 is 15.5 Å². The van der Waals surface area contributed by atoms with Crippen LogP contribution >= 0.6 is 0 Å². The lowest BCUT2D eigenvalue weighted by molar-refractivity contribution is -0.120. The van der Waals surface area contributed by atoms with E-state index in [1.54, 1.807) is 55.1 Å². The van der Waals surface area contributed by atoms with Crippen molar-refractivity contribution in [2.24, 2.45) is 0 Å². The predicted molar refractivity (Wildman–Crippen MR) is 129 cm³/mol. The number of hydrogen-bond donors (Lipinski definition) is 2. The average Bonchev–Trinajstić information content (AvgIpc) is 3.28. The van der Waals surface area contributed by atoms with Crippen molar-refractivity contribution in [3.63, 3.8) is 0 Å². The molecule has 1 aliphatic rings. The summed E-state index contributed by atoms with van der Waals surface area (Å²) in [7, 11) is -3.52. The van der Waals surface area contributed by atoms with Gasteiger partial charge in [-0.2, -0.15) is 4.31 Å². The second kappa shape index (κ2) is 11.3. The number of carbonyl (C=O) groups excluding carboxylic acids is 3. The largest absolute Gasteiger partial charge is 0.350 e. The summed E-state index contributed by atoms with van der Waals surface area (Å²) in [6.07, 6.45) is 1.37. The molecule has 10 heteroatoms. The number of sulfonamides is 1. The maximum Gasteiger partial charge on any atom is 0.251 e. The van der Waals surface area contributed by atoms with Crippen molar-refractivity contribution in [1.82, 2.24) is 14.9 Å². The van der Waals surface area contributed by atoms with Gasteiger partial charge in [-0.05, 0) is 48.4 Å². The summed E-state index contributed by atoms with van der Waals surface area (Å²) in [6.45, 7) is 5.05. The normalized spacial score (nSPS) is 13.9. The summed E-state index contributed by atoms with van der Waals surface area (Å²) in [5.74, 6) is -0.679. The molecule has 0 aromatic heterocycles. The summed E-state index contributed by atoms with van der Waals surface area (Å²) in [4.78, 5) is 38.2. The van der Waals surface area contributed by atoms with E-state index in [9.17, 15) is 22.8 Å². The Morgan fingerprint density at radius 1 is 0.971 bits per heavy atom. The molecule has 0 aliphatic carbocycles. The van der Waals surface area contributed by atoms with E-state index >= 15 is 0 Å². The molecule has 2 aromatic carbocycles. The minimum Gasteiger partial charge on any atom is -0.350 e. The zero-order chi connectivity index (χ0) is 24.7. The Hall–Kier alpha value is -3.24. The zero-order valence-electron chi connectivity index (χ0n) is 19.4. The first-order valence-electron chi connectivity index (χ1n) is 11.3. The highest BCUT2D eigenvalue weighted by Crippen LogP contribution is 2.21.